The Morgan fingerprint density at radius 2 is 1.59 bits per heavy atom. The highest BCUT2D eigenvalue weighted by atomic mass is 35.5. The second-order valence-corrected chi connectivity index (χ2v) is 8.17. The van der Waals surface area contributed by atoms with Crippen LogP contribution in [0.5, 0.6) is 0 Å². The van der Waals surface area contributed by atoms with E-state index < -0.39 is 22.0 Å². The maximum Gasteiger partial charge on any atom is 0.404 e. The van der Waals surface area contributed by atoms with Gasteiger partial charge in [0, 0.05) is 11.3 Å². The molecular weight excluding hydrogens is 429 g/mol. The molecule has 1 aliphatic heterocycles. The fourth-order valence-electron chi connectivity index (χ4n) is 2.85. The highest BCUT2D eigenvalue weighted by Gasteiger charge is 2.35. The van der Waals surface area contributed by atoms with Crippen LogP contribution >= 0.6 is 12.4 Å². The molecule has 3 rings (SSSR count). The smallest absolute Gasteiger partial charge is 0.293 e. The summed E-state index contributed by atoms with van der Waals surface area (Å²) in [5.74, 6) is 4.69. The van der Waals surface area contributed by atoms with Crippen molar-refractivity contribution in [2.75, 3.05) is 23.6 Å². The number of hydrazine groups is 1. The molecule has 29 heavy (non-hydrogen) atoms. The molecule has 0 fully saturated rings. The Kier molecular flexibility index (Phi) is 7.15. The van der Waals surface area contributed by atoms with Crippen molar-refractivity contribution >= 4 is 34.0 Å². The largest absolute Gasteiger partial charge is 0.404 e. The summed E-state index contributed by atoms with van der Waals surface area (Å²) in [5.41, 5.74) is 2.94. The van der Waals surface area contributed by atoms with Crippen LogP contribution in [0.25, 0.3) is 0 Å². The van der Waals surface area contributed by atoms with Crippen LogP contribution < -0.4 is 10.6 Å². The fraction of sp³-hybridized carbons (Fsp3) is 0.278. The number of nitrogens with one attached hydrogen (secondary N) is 1. The first-order valence-corrected chi connectivity index (χ1v) is 10.1. The zero-order chi connectivity index (χ0) is 20.4. The van der Waals surface area contributed by atoms with Crippen LogP contribution in [0.2, 0.25) is 0 Å². The van der Waals surface area contributed by atoms with Gasteiger partial charge in [-0.25, -0.2) is 14.3 Å². The molecule has 0 bridgehead atoms. The number of alkyl halides is 3. The van der Waals surface area contributed by atoms with Crippen molar-refractivity contribution in [3.05, 3.63) is 65.2 Å². The maximum atomic E-state index is 12.3. The lowest BCUT2D eigenvalue weighted by Gasteiger charge is -2.13. The molecule has 0 aromatic heterocycles. The Hall–Kier alpha value is -2.30. The van der Waals surface area contributed by atoms with E-state index in [0.717, 1.165) is 22.5 Å². The Labute approximate surface area is 173 Å². The molecule has 0 aliphatic carbocycles. The number of hydrogen-bond donors (Lipinski definition) is 2. The van der Waals surface area contributed by atoms with Crippen LogP contribution in [-0.2, 0) is 16.4 Å². The van der Waals surface area contributed by atoms with Crippen molar-refractivity contribution in [1.82, 2.24) is 5.01 Å². The number of sulfonamides is 1. The van der Waals surface area contributed by atoms with Crippen LogP contribution in [0.15, 0.2) is 53.5 Å². The minimum Gasteiger partial charge on any atom is -0.293 e. The Balaban J connectivity index is 0.00000300. The average Bonchev–Trinajstić information content (AvgIpc) is 3.01. The molecule has 0 spiro atoms. The summed E-state index contributed by atoms with van der Waals surface area (Å²) in [7, 11) is -4.48. The van der Waals surface area contributed by atoms with E-state index in [1.165, 1.54) is 12.1 Å². The van der Waals surface area contributed by atoms with E-state index in [-0.39, 0.29) is 18.1 Å². The number of benzene rings is 2. The lowest BCUT2D eigenvalue weighted by Crippen LogP contribution is -2.34. The topological polar surface area (TPSA) is 87.8 Å². The van der Waals surface area contributed by atoms with E-state index in [2.05, 4.69) is 4.99 Å². The third-order valence-electron chi connectivity index (χ3n) is 4.08. The van der Waals surface area contributed by atoms with Crippen molar-refractivity contribution in [3.8, 4) is 0 Å². The van der Waals surface area contributed by atoms with Gasteiger partial charge in [0.1, 0.15) is 5.84 Å². The van der Waals surface area contributed by atoms with Gasteiger partial charge < -0.3 is 0 Å². The quantitative estimate of drug-likeness (QED) is 0.665. The number of anilines is 1. The summed E-state index contributed by atoms with van der Waals surface area (Å²) >= 11 is 0. The molecule has 11 heteroatoms. The first kappa shape index (κ1) is 23.0. The molecule has 0 amide bonds. The molecule has 0 atom stereocenters. The van der Waals surface area contributed by atoms with Gasteiger partial charge in [-0.05, 0) is 29.7 Å². The number of nitrogens with two attached hydrogens (primary N) is 1. The number of nitrogens with zero attached hydrogens (tertiary/aromatic N) is 2. The van der Waals surface area contributed by atoms with E-state index in [0.29, 0.717) is 19.5 Å². The molecule has 3 N–H and O–H groups in total. The first-order valence-electron chi connectivity index (χ1n) is 8.43. The second-order valence-electron chi connectivity index (χ2n) is 6.45. The predicted octanol–water partition coefficient (Wildman–Crippen LogP) is 2.94. The molecule has 0 saturated carbocycles. The van der Waals surface area contributed by atoms with Crippen LogP contribution in [0.1, 0.15) is 16.7 Å². The molecule has 158 valence electrons. The van der Waals surface area contributed by atoms with Crippen molar-refractivity contribution in [2.24, 2.45) is 10.8 Å². The van der Waals surface area contributed by atoms with Crippen molar-refractivity contribution < 1.29 is 21.6 Å². The van der Waals surface area contributed by atoms with Crippen molar-refractivity contribution in [2.45, 2.75) is 12.6 Å². The van der Waals surface area contributed by atoms with Gasteiger partial charge in [0.25, 0.3) is 0 Å². The SMILES string of the molecule is Cl.NN1CCN=C1c1ccc(Cc2ccc(NS(=O)(=O)CC(F)(F)F)cc2)cc1. The Morgan fingerprint density at radius 3 is 2.07 bits per heavy atom. The van der Waals surface area contributed by atoms with Crippen LogP contribution in [0.4, 0.5) is 18.9 Å². The molecule has 2 aromatic rings. The lowest BCUT2D eigenvalue weighted by atomic mass is 10.0. The summed E-state index contributed by atoms with van der Waals surface area (Å²) in [6.07, 6.45) is -4.20. The minimum absolute atomic E-state index is 0. The fourth-order valence-corrected chi connectivity index (χ4v) is 3.84. The summed E-state index contributed by atoms with van der Waals surface area (Å²) in [5, 5.41) is 1.60. The lowest BCUT2D eigenvalue weighted by molar-refractivity contribution is -0.106. The third-order valence-corrected chi connectivity index (χ3v) is 5.33. The van der Waals surface area contributed by atoms with Gasteiger partial charge >= 0.3 is 6.18 Å². The Morgan fingerprint density at radius 1 is 1.03 bits per heavy atom. The average molecular weight is 449 g/mol. The van der Waals surface area contributed by atoms with Gasteiger partial charge in [0.2, 0.25) is 10.0 Å². The van der Waals surface area contributed by atoms with Crippen LogP contribution in [-0.4, -0.2) is 44.3 Å². The molecular formula is C18H20ClF3N4O2S. The van der Waals surface area contributed by atoms with Gasteiger partial charge in [-0.2, -0.15) is 13.2 Å². The molecule has 1 heterocycles. The van der Waals surface area contributed by atoms with Gasteiger partial charge in [-0.1, -0.05) is 36.4 Å². The van der Waals surface area contributed by atoms with E-state index in [1.807, 2.05) is 29.0 Å². The van der Waals surface area contributed by atoms with Crippen LogP contribution in [0.3, 0.4) is 0 Å². The van der Waals surface area contributed by atoms with E-state index in [1.54, 1.807) is 17.1 Å². The molecule has 1 aliphatic rings. The maximum absolute atomic E-state index is 12.3. The van der Waals surface area contributed by atoms with Crippen LogP contribution in [0, 0.1) is 0 Å². The van der Waals surface area contributed by atoms with Crippen molar-refractivity contribution in [1.29, 1.82) is 0 Å². The standard InChI is InChI=1S/C18H19F3N4O2S.ClH/c19-18(20,21)12-28(26,27)24-16-7-3-14(4-8-16)11-13-1-5-15(6-2-13)17-23-9-10-25(17)22;/h1-8,24H,9-12,22H2;1H. The summed E-state index contributed by atoms with van der Waals surface area (Å²) < 4.78 is 61.8. The monoisotopic (exact) mass is 448 g/mol. The van der Waals surface area contributed by atoms with Gasteiger partial charge in [0.15, 0.2) is 5.75 Å². The van der Waals surface area contributed by atoms with Gasteiger partial charge in [-0.3, -0.25) is 14.7 Å². The van der Waals surface area contributed by atoms with Gasteiger partial charge in [0.05, 0.1) is 13.1 Å². The molecule has 0 unspecified atom stereocenters. The molecule has 2 aromatic carbocycles. The zero-order valence-corrected chi connectivity index (χ0v) is 16.8. The minimum atomic E-state index is -4.79. The highest BCUT2D eigenvalue weighted by molar-refractivity contribution is 7.92. The number of hydrogen-bond acceptors (Lipinski definition) is 5. The second kappa shape index (κ2) is 9.02. The number of halogens is 4. The summed E-state index contributed by atoms with van der Waals surface area (Å²) in [4.78, 5) is 4.35. The van der Waals surface area contributed by atoms with E-state index >= 15 is 0 Å². The first-order chi connectivity index (χ1) is 13.1. The van der Waals surface area contributed by atoms with E-state index in [9.17, 15) is 21.6 Å². The van der Waals surface area contributed by atoms with Gasteiger partial charge in [-0.15, -0.1) is 12.4 Å². The number of rotatable bonds is 6. The normalized spacial score (nSPS) is 14.3. The molecule has 0 saturated heterocycles. The predicted molar refractivity (Wildman–Crippen MR) is 109 cm³/mol. The highest BCUT2D eigenvalue weighted by Crippen LogP contribution is 2.20. The van der Waals surface area contributed by atoms with Crippen molar-refractivity contribution in [3.63, 3.8) is 0 Å². The third kappa shape index (κ3) is 6.62. The summed E-state index contributed by atoms with van der Waals surface area (Å²) in [6, 6.07) is 14.0. The summed E-state index contributed by atoms with van der Waals surface area (Å²) in [6.45, 7) is 1.36. The zero-order valence-electron chi connectivity index (χ0n) is 15.2. The van der Waals surface area contributed by atoms with E-state index in [4.69, 9.17) is 5.84 Å². The number of amidine groups is 1. The Bertz CT molecular complexity index is 962. The molecule has 0 radical (unpaired) electrons. The molecule has 6 nitrogen and oxygen atoms in total. The number of aliphatic imine (C=N–C) groups is 1.